The van der Waals surface area contributed by atoms with E-state index in [9.17, 15) is 9.59 Å². The molecule has 0 aliphatic carbocycles. The van der Waals surface area contributed by atoms with E-state index in [1.54, 1.807) is 0 Å². The highest BCUT2D eigenvalue weighted by atomic mass is 16.2. The van der Waals surface area contributed by atoms with Gasteiger partial charge >= 0.3 is 0 Å². The molecular weight excluding hydrogens is 276 g/mol. The third-order valence-electron chi connectivity index (χ3n) is 4.14. The highest BCUT2D eigenvalue weighted by Gasteiger charge is 2.22. The van der Waals surface area contributed by atoms with Crippen LogP contribution in [0.5, 0.6) is 0 Å². The highest BCUT2D eigenvalue weighted by Crippen LogP contribution is 2.26. The summed E-state index contributed by atoms with van der Waals surface area (Å²) in [6.07, 6.45) is 4.39. The molecule has 2 atom stereocenters. The molecule has 0 aliphatic heterocycles. The molecule has 0 bridgehead atoms. The van der Waals surface area contributed by atoms with E-state index in [1.165, 1.54) is 0 Å². The van der Waals surface area contributed by atoms with Gasteiger partial charge in [-0.15, -0.1) is 0 Å². The fraction of sp³-hybridized carbons (Fsp3) is 0.889. The summed E-state index contributed by atoms with van der Waals surface area (Å²) in [5, 5.41) is 6.03. The van der Waals surface area contributed by atoms with Gasteiger partial charge in [-0.3, -0.25) is 9.59 Å². The fourth-order valence-electron chi connectivity index (χ4n) is 2.57. The molecule has 0 aromatic heterocycles. The predicted octanol–water partition coefficient (Wildman–Crippen LogP) is 3.51. The molecule has 0 saturated carbocycles. The lowest BCUT2D eigenvalue weighted by Crippen LogP contribution is -2.35. The molecule has 22 heavy (non-hydrogen) atoms. The second-order valence-electron chi connectivity index (χ2n) is 7.39. The molecule has 0 saturated heterocycles. The molecule has 0 aliphatic rings. The van der Waals surface area contributed by atoms with Crippen molar-refractivity contribution in [3.8, 4) is 0 Å². The minimum atomic E-state index is 0.0868. The Labute approximate surface area is 136 Å². The molecule has 4 nitrogen and oxygen atoms in total. The van der Waals surface area contributed by atoms with Crippen molar-refractivity contribution in [2.45, 2.75) is 73.6 Å². The van der Waals surface area contributed by atoms with Gasteiger partial charge in [0, 0.05) is 25.4 Å². The maximum Gasteiger partial charge on any atom is 0.222 e. The largest absolute Gasteiger partial charge is 0.356 e. The van der Waals surface area contributed by atoms with Gasteiger partial charge in [-0.2, -0.15) is 0 Å². The topological polar surface area (TPSA) is 58.2 Å². The summed E-state index contributed by atoms with van der Waals surface area (Å²) in [7, 11) is 0. The number of nitrogens with one attached hydrogen (secondary N) is 2. The first-order valence-corrected chi connectivity index (χ1v) is 8.76. The summed E-state index contributed by atoms with van der Waals surface area (Å²) >= 11 is 0. The summed E-state index contributed by atoms with van der Waals surface area (Å²) in [5.74, 6) is 0.917. The first-order chi connectivity index (χ1) is 10.2. The molecule has 0 heterocycles. The van der Waals surface area contributed by atoms with E-state index in [2.05, 4.69) is 31.4 Å². The van der Waals surface area contributed by atoms with Gasteiger partial charge in [0.25, 0.3) is 0 Å². The SMILES string of the molecule is CCCC(=O)NCC(C)(C)CC(C)CCNC(=O)C(C)CC. The first-order valence-electron chi connectivity index (χ1n) is 8.76. The van der Waals surface area contributed by atoms with E-state index in [0.29, 0.717) is 12.3 Å². The van der Waals surface area contributed by atoms with Gasteiger partial charge < -0.3 is 10.6 Å². The number of carbonyl (C=O) groups excluding carboxylic acids is 2. The van der Waals surface area contributed by atoms with E-state index in [1.807, 2.05) is 20.8 Å². The Morgan fingerprint density at radius 2 is 1.73 bits per heavy atom. The Bertz CT molecular complexity index is 340. The number of rotatable bonds is 11. The minimum Gasteiger partial charge on any atom is -0.356 e. The average molecular weight is 312 g/mol. The Morgan fingerprint density at radius 3 is 2.27 bits per heavy atom. The fourth-order valence-corrected chi connectivity index (χ4v) is 2.57. The Hall–Kier alpha value is -1.06. The first kappa shape index (κ1) is 20.9. The lowest BCUT2D eigenvalue weighted by molar-refractivity contribution is -0.124. The number of amides is 2. The van der Waals surface area contributed by atoms with Crippen molar-refractivity contribution in [2.75, 3.05) is 13.1 Å². The molecular formula is C18H36N2O2. The van der Waals surface area contributed by atoms with Crippen molar-refractivity contribution in [3.05, 3.63) is 0 Å². The average Bonchev–Trinajstić information content (AvgIpc) is 2.44. The van der Waals surface area contributed by atoms with E-state index >= 15 is 0 Å². The van der Waals surface area contributed by atoms with E-state index in [4.69, 9.17) is 0 Å². The zero-order chi connectivity index (χ0) is 17.2. The molecule has 130 valence electrons. The van der Waals surface area contributed by atoms with Crippen LogP contribution in [0.1, 0.15) is 73.6 Å². The quantitative estimate of drug-likeness (QED) is 0.613. The third-order valence-corrected chi connectivity index (χ3v) is 4.14. The van der Waals surface area contributed by atoms with Crippen LogP contribution in [0.4, 0.5) is 0 Å². The zero-order valence-corrected chi connectivity index (χ0v) is 15.4. The van der Waals surface area contributed by atoms with Gasteiger partial charge in [0.1, 0.15) is 0 Å². The minimum absolute atomic E-state index is 0.0868. The van der Waals surface area contributed by atoms with Crippen LogP contribution in [-0.2, 0) is 9.59 Å². The van der Waals surface area contributed by atoms with Crippen molar-refractivity contribution in [3.63, 3.8) is 0 Å². The maximum absolute atomic E-state index is 11.7. The molecule has 4 heteroatoms. The van der Waals surface area contributed by atoms with Gasteiger partial charge in [0.2, 0.25) is 11.8 Å². The smallest absolute Gasteiger partial charge is 0.222 e. The Morgan fingerprint density at radius 1 is 1.09 bits per heavy atom. The molecule has 2 unspecified atom stereocenters. The van der Waals surface area contributed by atoms with Crippen LogP contribution in [-0.4, -0.2) is 24.9 Å². The van der Waals surface area contributed by atoms with Crippen LogP contribution < -0.4 is 10.6 Å². The summed E-state index contributed by atoms with van der Waals surface area (Å²) in [6.45, 7) is 14.0. The van der Waals surface area contributed by atoms with Crippen molar-refractivity contribution in [1.82, 2.24) is 10.6 Å². The number of hydrogen-bond acceptors (Lipinski definition) is 2. The molecule has 0 spiro atoms. The molecule has 0 radical (unpaired) electrons. The van der Waals surface area contributed by atoms with Crippen LogP contribution >= 0.6 is 0 Å². The van der Waals surface area contributed by atoms with Gasteiger partial charge in [-0.1, -0.05) is 41.5 Å². The monoisotopic (exact) mass is 312 g/mol. The predicted molar refractivity (Wildman–Crippen MR) is 92.6 cm³/mol. The second kappa shape index (κ2) is 10.6. The summed E-state index contributed by atoms with van der Waals surface area (Å²) in [5.41, 5.74) is 0.0868. The van der Waals surface area contributed by atoms with Crippen LogP contribution in [0.15, 0.2) is 0 Å². The van der Waals surface area contributed by atoms with Crippen LogP contribution in [0.2, 0.25) is 0 Å². The van der Waals surface area contributed by atoms with Crippen LogP contribution in [0.25, 0.3) is 0 Å². The van der Waals surface area contributed by atoms with Gasteiger partial charge in [0.05, 0.1) is 0 Å². The van der Waals surface area contributed by atoms with Crippen molar-refractivity contribution in [2.24, 2.45) is 17.3 Å². The molecule has 0 rings (SSSR count). The van der Waals surface area contributed by atoms with Gasteiger partial charge in [-0.25, -0.2) is 0 Å². The number of carbonyl (C=O) groups is 2. The highest BCUT2D eigenvalue weighted by molar-refractivity contribution is 5.78. The standard InChI is InChI=1S/C18H36N2O2/c1-7-9-16(21)20-13-18(5,6)12-14(3)10-11-19-17(22)15(4)8-2/h14-15H,7-13H2,1-6H3,(H,19,22)(H,20,21). The molecule has 2 amide bonds. The lowest BCUT2D eigenvalue weighted by atomic mass is 9.82. The third kappa shape index (κ3) is 9.80. The Balaban J connectivity index is 4.00. The molecule has 2 N–H and O–H groups in total. The van der Waals surface area contributed by atoms with Crippen LogP contribution in [0, 0.1) is 17.3 Å². The molecule has 0 aromatic carbocycles. The van der Waals surface area contributed by atoms with Crippen molar-refractivity contribution in [1.29, 1.82) is 0 Å². The van der Waals surface area contributed by atoms with Crippen LogP contribution in [0.3, 0.4) is 0 Å². The van der Waals surface area contributed by atoms with E-state index < -0.39 is 0 Å². The second-order valence-corrected chi connectivity index (χ2v) is 7.39. The normalized spacial score (nSPS) is 14.3. The Kier molecular flexibility index (Phi) is 10.1. The lowest BCUT2D eigenvalue weighted by Gasteiger charge is -2.28. The van der Waals surface area contributed by atoms with Crippen molar-refractivity contribution >= 4 is 11.8 Å². The number of hydrogen-bond donors (Lipinski definition) is 2. The summed E-state index contributed by atoms with van der Waals surface area (Å²) < 4.78 is 0. The molecule has 0 aromatic rings. The van der Waals surface area contributed by atoms with Gasteiger partial charge in [0.15, 0.2) is 0 Å². The van der Waals surface area contributed by atoms with Crippen molar-refractivity contribution < 1.29 is 9.59 Å². The molecule has 0 fully saturated rings. The van der Waals surface area contributed by atoms with E-state index in [-0.39, 0.29) is 23.1 Å². The van der Waals surface area contributed by atoms with E-state index in [0.717, 1.165) is 38.8 Å². The maximum atomic E-state index is 11.7. The van der Waals surface area contributed by atoms with Gasteiger partial charge in [-0.05, 0) is 37.0 Å². The summed E-state index contributed by atoms with van der Waals surface area (Å²) in [6, 6.07) is 0. The zero-order valence-electron chi connectivity index (χ0n) is 15.4. The summed E-state index contributed by atoms with van der Waals surface area (Å²) in [4.78, 5) is 23.3.